The maximum absolute atomic E-state index is 14.3. The van der Waals surface area contributed by atoms with E-state index in [4.69, 9.17) is 4.98 Å². The van der Waals surface area contributed by atoms with Crippen LogP contribution in [0.4, 0.5) is 10.2 Å². The zero-order chi connectivity index (χ0) is 20.3. The molecule has 150 valence electrons. The first kappa shape index (κ1) is 20.2. The quantitative estimate of drug-likeness (QED) is 0.793. The van der Waals surface area contributed by atoms with Gasteiger partial charge in [-0.15, -0.1) is 0 Å². The summed E-state index contributed by atoms with van der Waals surface area (Å²) in [5.41, 5.74) is 2.60. The lowest BCUT2D eigenvalue weighted by Gasteiger charge is -2.37. The molecule has 2 heterocycles. The molecule has 6 heteroatoms. The Morgan fingerprint density at radius 2 is 1.82 bits per heavy atom. The summed E-state index contributed by atoms with van der Waals surface area (Å²) in [6.07, 6.45) is 1.24. The van der Waals surface area contributed by atoms with Gasteiger partial charge in [-0.05, 0) is 25.0 Å². The van der Waals surface area contributed by atoms with Crippen molar-refractivity contribution in [2.75, 3.05) is 31.1 Å². The number of carbonyl (C=O) groups excluding carboxylic acids is 1. The van der Waals surface area contributed by atoms with Gasteiger partial charge in [-0.2, -0.15) is 0 Å². The van der Waals surface area contributed by atoms with Gasteiger partial charge in [-0.25, -0.2) is 14.4 Å². The fourth-order valence-corrected chi connectivity index (χ4v) is 3.71. The van der Waals surface area contributed by atoms with Crippen molar-refractivity contribution in [3.8, 4) is 0 Å². The van der Waals surface area contributed by atoms with Crippen molar-refractivity contribution in [1.82, 2.24) is 14.9 Å². The second-order valence-corrected chi connectivity index (χ2v) is 7.61. The molecule has 5 nitrogen and oxygen atoms in total. The molecule has 1 fully saturated rings. The lowest BCUT2D eigenvalue weighted by molar-refractivity contribution is -0.134. The van der Waals surface area contributed by atoms with Crippen molar-refractivity contribution >= 4 is 11.7 Å². The summed E-state index contributed by atoms with van der Waals surface area (Å²) in [6.45, 7) is 10.6. The predicted octanol–water partition coefficient (Wildman–Crippen LogP) is 3.38. The first-order valence-corrected chi connectivity index (χ1v) is 10.0. The lowest BCUT2D eigenvalue weighted by Crippen LogP contribution is -2.50. The molecule has 0 atom stereocenters. The molecule has 1 aliphatic rings. The summed E-state index contributed by atoms with van der Waals surface area (Å²) in [5.74, 6) is 1.60. The Morgan fingerprint density at radius 3 is 2.43 bits per heavy atom. The number of rotatable bonds is 5. The molecule has 1 aromatic carbocycles. The Hall–Kier alpha value is -2.50. The van der Waals surface area contributed by atoms with E-state index in [-0.39, 0.29) is 17.6 Å². The number of amides is 1. The van der Waals surface area contributed by atoms with E-state index in [0.29, 0.717) is 25.1 Å². The SMILES string of the molecule is CCc1nc(C)nc(N2CCN(C(=O)C(C)C)CC2)c1Cc1ccccc1F. The Labute approximate surface area is 166 Å². The van der Waals surface area contributed by atoms with E-state index in [9.17, 15) is 9.18 Å². The second kappa shape index (κ2) is 8.67. The number of hydrogen-bond donors (Lipinski definition) is 0. The van der Waals surface area contributed by atoms with E-state index in [1.165, 1.54) is 6.07 Å². The Balaban J connectivity index is 1.90. The second-order valence-electron chi connectivity index (χ2n) is 7.61. The van der Waals surface area contributed by atoms with Gasteiger partial charge in [0.25, 0.3) is 0 Å². The monoisotopic (exact) mass is 384 g/mol. The van der Waals surface area contributed by atoms with Crippen molar-refractivity contribution in [2.45, 2.75) is 40.5 Å². The molecule has 0 aliphatic carbocycles. The molecular weight excluding hydrogens is 355 g/mol. The summed E-state index contributed by atoms with van der Waals surface area (Å²) in [4.78, 5) is 25.8. The molecule has 2 aromatic rings. The van der Waals surface area contributed by atoms with Gasteiger partial charge in [-0.1, -0.05) is 39.0 Å². The van der Waals surface area contributed by atoms with Crippen LogP contribution in [-0.4, -0.2) is 47.0 Å². The molecule has 1 aliphatic heterocycles. The van der Waals surface area contributed by atoms with Crippen LogP contribution >= 0.6 is 0 Å². The minimum atomic E-state index is -0.205. The van der Waals surface area contributed by atoms with Gasteiger partial charge < -0.3 is 9.80 Å². The summed E-state index contributed by atoms with van der Waals surface area (Å²) >= 11 is 0. The zero-order valence-corrected chi connectivity index (χ0v) is 17.2. The van der Waals surface area contributed by atoms with Crippen LogP contribution < -0.4 is 4.90 Å². The maximum Gasteiger partial charge on any atom is 0.225 e. The summed E-state index contributed by atoms with van der Waals surface area (Å²) in [7, 11) is 0. The van der Waals surface area contributed by atoms with Crippen molar-refractivity contribution in [3.05, 3.63) is 52.7 Å². The normalized spacial score (nSPS) is 14.6. The van der Waals surface area contributed by atoms with Gasteiger partial charge in [0.15, 0.2) is 0 Å². The number of benzene rings is 1. The molecule has 1 saturated heterocycles. The number of hydrogen-bond acceptors (Lipinski definition) is 4. The van der Waals surface area contributed by atoms with E-state index in [0.717, 1.165) is 42.4 Å². The average Bonchev–Trinajstić information content (AvgIpc) is 2.70. The number of aromatic nitrogens is 2. The third-order valence-electron chi connectivity index (χ3n) is 5.23. The first-order chi connectivity index (χ1) is 13.4. The van der Waals surface area contributed by atoms with Gasteiger partial charge in [0.2, 0.25) is 5.91 Å². The molecule has 1 amide bonds. The Bertz CT molecular complexity index is 844. The zero-order valence-electron chi connectivity index (χ0n) is 17.2. The smallest absolute Gasteiger partial charge is 0.225 e. The highest BCUT2D eigenvalue weighted by atomic mass is 19.1. The summed E-state index contributed by atoms with van der Waals surface area (Å²) in [5, 5.41) is 0. The van der Waals surface area contributed by atoms with Gasteiger partial charge in [0.1, 0.15) is 17.5 Å². The number of anilines is 1. The van der Waals surface area contributed by atoms with E-state index in [1.807, 2.05) is 37.8 Å². The fraction of sp³-hybridized carbons (Fsp3) is 0.500. The van der Waals surface area contributed by atoms with Crippen molar-refractivity contribution < 1.29 is 9.18 Å². The van der Waals surface area contributed by atoms with E-state index >= 15 is 0 Å². The third-order valence-corrected chi connectivity index (χ3v) is 5.23. The number of aryl methyl sites for hydroxylation is 2. The molecule has 1 aromatic heterocycles. The first-order valence-electron chi connectivity index (χ1n) is 10.0. The molecule has 0 radical (unpaired) electrons. The van der Waals surface area contributed by atoms with Crippen LogP contribution in [0.25, 0.3) is 0 Å². The maximum atomic E-state index is 14.3. The van der Waals surface area contributed by atoms with Crippen LogP contribution in [0.2, 0.25) is 0 Å². The average molecular weight is 384 g/mol. The third kappa shape index (κ3) is 4.32. The summed E-state index contributed by atoms with van der Waals surface area (Å²) in [6, 6.07) is 6.87. The molecule has 3 rings (SSSR count). The van der Waals surface area contributed by atoms with Crippen LogP contribution in [0.15, 0.2) is 24.3 Å². The Kier molecular flexibility index (Phi) is 6.27. The predicted molar refractivity (Wildman–Crippen MR) is 109 cm³/mol. The molecule has 28 heavy (non-hydrogen) atoms. The van der Waals surface area contributed by atoms with Crippen LogP contribution in [-0.2, 0) is 17.6 Å². The van der Waals surface area contributed by atoms with Crippen LogP contribution in [0.3, 0.4) is 0 Å². The largest absolute Gasteiger partial charge is 0.353 e. The Morgan fingerprint density at radius 1 is 1.14 bits per heavy atom. The van der Waals surface area contributed by atoms with Crippen LogP contribution in [0.5, 0.6) is 0 Å². The molecule has 0 unspecified atom stereocenters. The van der Waals surface area contributed by atoms with E-state index in [2.05, 4.69) is 16.8 Å². The van der Waals surface area contributed by atoms with E-state index in [1.54, 1.807) is 6.07 Å². The molecular formula is C22H29FN4O. The molecule has 0 bridgehead atoms. The molecule has 0 spiro atoms. The number of halogens is 1. The van der Waals surface area contributed by atoms with Gasteiger partial charge in [0, 0.05) is 49.8 Å². The van der Waals surface area contributed by atoms with Gasteiger partial charge in [0.05, 0.1) is 0 Å². The standard InChI is InChI=1S/C22H29FN4O/c1-5-20-18(14-17-8-6-7-9-19(17)23)21(25-16(4)24-20)26-10-12-27(13-11-26)22(28)15(2)3/h6-9,15H,5,10-14H2,1-4H3. The van der Waals surface area contributed by atoms with Crippen molar-refractivity contribution in [2.24, 2.45) is 5.92 Å². The fourth-order valence-electron chi connectivity index (χ4n) is 3.71. The highest BCUT2D eigenvalue weighted by molar-refractivity contribution is 5.78. The van der Waals surface area contributed by atoms with Gasteiger partial charge in [-0.3, -0.25) is 4.79 Å². The molecule has 0 N–H and O–H groups in total. The van der Waals surface area contributed by atoms with Crippen molar-refractivity contribution in [1.29, 1.82) is 0 Å². The van der Waals surface area contributed by atoms with Crippen molar-refractivity contribution in [3.63, 3.8) is 0 Å². The molecule has 0 saturated carbocycles. The lowest BCUT2D eigenvalue weighted by atomic mass is 10.0. The number of piperazine rings is 1. The number of carbonyl (C=O) groups is 1. The van der Waals surface area contributed by atoms with Crippen LogP contribution in [0.1, 0.15) is 43.4 Å². The highest BCUT2D eigenvalue weighted by Gasteiger charge is 2.26. The van der Waals surface area contributed by atoms with Crippen LogP contribution in [0, 0.1) is 18.7 Å². The van der Waals surface area contributed by atoms with Gasteiger partial charge >= 0.3 is 0 Å². The highest BCUT2D eigenvalue weighted by Crippen LogP contribution is 2.27. The number of nitrogens with zero attached hydrogens (tertiary/aromatic N) is 4. The topological polar surface area (TPSA) is 49.3 Å². The summed E-state index contributed by atoms with van der Waals surface area (Å²) < 4.78 is 14.3. The minimum absolute atomic E-state index is 0.0103. The minimum Gasteiger partial charge on any atom is -0.353 e. The van der Waals surface area contributed by atoms with E-state index < -0.39 is 0 Å².